The molecule has 0 aliphatic carbocycles. The van der Waals surface area contributed by atoms with E-state index in [4.69, 9.17) is 4.74 Å². The molecule has 0 aliphatic rings. The molecule has 122 valence electrons. The van der Waals surface area contributed by atoms with Crippen molar-refractivity contribution in [2.24, 2.45) is 0 Å². The largest absolute Gasteiger partial charge is 0.481 e. The number of benzene rings is 3. The summed E-state index contributed by atoms with van der Waals surface area (Å²) in [6.07, 6.45) is 1.43. The minimum atomic E-state index is -0.580. The zero-order valence-electron chi connectivity index (χ0n) is 13.7. The molecule has 0 unspecified atom stereocenters. The Labute approximate surface area is 146 Å². The molecule has 0 aliphatic heterocycles. The normalized spacial score (nSPS) is 11.9. The summed E-state index contributed by atoms with van der Waals surface area (Å²) in [6.45, 7) is 1.75. The second-order valence-corrected chi connectivity index (χ2v) is 6.37. The fourth-order valence-electron chi connectivity index (χ4n) is 2.44. The van der Waals surface area contributed by atoms with Gasteiger partial charge >= 0.3 is 0 Å². The number of fused-ring (bicyclic) bond motifs is 1. The van der Waals surface area contributed by atoms with Crippen LogP contribution in [0.5, 0.6) is 5.75 Å². The lowest BCUT2D eigenvalue weighted by molar-refractivity contribution is -0.122. The molecule has 0 bridgehead atoms. The molecule has 3 aromatic rings. The maximum absolute atomic E-state index is 12.3. The SMILES string of the molecule is CSc1cccc(NC(=O)[C@H](C)Oc2ccc3ccccc3c2)c1. The first-order valence-electron chi connectivity index (χ1n) is 7.76. The predicted molar refractivity (Wildman–Crippen MR) is 101 cm³/mol. The maximum atomic E-state index is 12.3. The summed E-state index contributed by atoms with van der Waals surface area (Å²) in [5.41, 5.74) is 0.779. The second-order valence-electron chi connectivity index (χ2n) is 5.49. The standard InChI is InChI=1S/C20H19NO2S/c1-14(20(22)21-17-8-5-9-19(13-17)24-2)23-18-11-10-15-6-3-4-7-16(15)12-18/h3-14H,1-2H3,(H,21,22)/t14-/m0/s1. The molecule has 0 radical (unpaired) electrons. The van der Waals surface area contributed by atoms with Crippen molar-refractivity contribution in [3.05, 3.63) is 66.7 Å². The van der Waals surface area contributed by atoms with Crippen molar-refractivity contribution >= 4 is 34.1 Å². The van der Waals surface area contributed by atoms with Crippen LogP contribution in [0.3, 0.4) is 0 Å². The van der Waals surface area contributed by atoms with E-state index in [9.17, 15) is 4.79 Å². The van der Waals surface area contributed by atoms with Crippen molar-refractivity contribution in [3.63, 3.8) is 0 Å². The van der Waals surface area contributed by atoms with E-state index in [-0.39, 0.29) is 5.91 Å². The molecule has 1 amide bonds. The highest BCUT2D eigenvalue weighted by Crippen LogP contribution is 2.22. The highest BCUT2D eigenvalue weighted by molar-refractivity contribution is 7.98. The Balaban J connectivity index is 1.68. The summed E-state index contributed by atoms with van der Waals surface area (Å²) in [4.78, 5) is 13.4. The number of nitrogens with one attached hydrogen (secondary N) is 1. The van der Waals surface area contributed by atoms with Crippen molar-refractivity contribution < 1.29 is 9.53 Å². The topological polar surface area (TPSA) is 38.3 Å². The van der Waals surface area contributed by atoms with Gasteiger partial charge in [-0.2, -0.15) is 0 Å². The lowest BCUT2D eigenvalue weighted by Gasteiger charge is -2.15. The van der Waals surface area contributed by atoms with Crippen LogP contribution in [0.4, 0.5) is 5.69 Å². The summed E-state index contributed by atoms with van der Waals surface area (Å²) >= 11 is 1.64. The zero-order chi connectivity index (χ0) is 16.9. The van der Waals surface area contributed by atoms with Crippen LogP contribution in [0.25, 0.3) is 10.8 Å². The van der Waals surface area contributed by atoms with Crippen LogP contribution < -0.4 is 10.1 Å². The second kappa shape index (κ2) is 7.41. The van der Waals surface area contributed by atoms with Gasteiger partial charge in [0.15, 0.2) is 6.10 Å². The third-order valence-electron chi connectivity index (χ3n) is 3.74. The van der Waals surface area contributed by atoms with Gasteiger partial charge in [-0.3, -0.25) is 4.79 Å². The summed E-state index contributed by atoms with van der Waals surface area (Å²) in [7, 11) is 0. The number of ether oxygens (including phenoxy) is 1. The molecule has 24 heavy (non-hydrogen) atoms. The lowest BCUT2D eigenvalue weighted by atomic mass is 10.1. The van der Waals surface area contributed by atoms with Gasteiger partial charge in [-0.05, 0) is 54.3 Å². The summed E-state index contributed by atoms with van der Waals surface area (Å²) in [6, 6.07) is 21.7. The van der Waals surface area contributed by atoms with E-state index in [1.807, 2.05) is 73.0 Å². The van der Waals surface area contributed by atoms with Gasteiger partial charge in [-0.15, -0.1) is 11.8 Å². The molecule has 0 aromatic heterocycles. The average Bonchev–Trinajstić information content (AvgIpc) is 2.61. The van der Waals surface area contributed by atoms with Crippen LogP contribution in [0.1, 0.15) is 6.92 Å². The van der Waals surface area contributed by atoms with Gasteiger partial charge in [-0.25, -0.2) is 0 Å². The van der Waals surface area contributed by atoms with Gasteiger partial charge in [0.05, 0.1) is 0 Å². The molecule has 0 heterocycles. The number of hydrogen-bond donors (Lipinski definition) is 1. The highest BCUT2D eigenvalue weighted by Gasteiger charge is 2.15. The number of thioether (sulfide) groups is 1. The van der Waals surface area contributed by atoms with E-state index >= 15 is 0 Å². The highest BCUT2D eigenvalue weighted by atomic mass is 32.2. The van der Waals surface area contributed by atoms with Gasteiger partial charge in [0.25, 0.3) is 5.91 Å². The van der Waals surface area contributed by atoms with E-state index in [2.05, 4.69) is 5.32 Å². The fraction of sp³-hybridized carbons (Fsp3) is 0.150. The predicted octanol–water partition coefficient (Wildman–Crippen LogP) is 4.97. The quantitative estimate of drug-likeness (QED) is 0.668. The molecule has 3 aromatic carbocycles. The van der Waals surface area contributed by atoms with Crippen LogP contribution in [0.2, 0.25) is 0 Å². The Hall–Kier alpha value is -2.46. The summed E-state index contributed by atoms with van der Waals surface area (Å²) < 4.78 is 5.80. The van der Waals surface area contributed by atoms with E-state index in [1.54, 1.807) is 18.7 Å². The zero-order valence-corrected chi connectivity index (χ0v) is 14.5. The van der Waals surface area contributed by atoms with Crippen molar-refractivity contribution in [3.8, 4) is 5.75 Å². The molecule has 3 rings (SSSR count). The molecular formula is C20H19NO2S. The third-order valence-corrected chi connectivity index (χ3v) is 4.47. The Morgan fingerprint density at radius 1 is 1.00 bits per heavy atom. The molecular weight excluding hydrogens is 318 g/mol. The lowest BCUT2D eigenvalue weighted by Crippen LogP contribution is -2.30. The van der Waals surface area contributed by atoms with Crippen LogP contribution in [0.15, 0.2) is 71.6 Å². The van der Waals surface area contributed by atoms with E-state index < -0.39 is 6.10 Å². The summed E-state index contributed by atoms with van der Waals surface area (Å²) in [5.74, 6) is 0.524. The molecule has 0 fully saturated rings. The van der Waals surface area contributed by atoms with Crippen molar-refractivity contribution in [2.75, 3.05) is 11.6 Å². The van der Waals surface area contributed by atoms with Crippen LogP contribution in [-0.4, -0.2) is 18.3 Å². The van der Waals surface area contributed by atoms with Crippen molar-refractivity contribution in [1.29, 1.82) is 0 Å². The van der Waals surface area contributed by atoms with Gasteiger partial charge < -0.3 is 10.1 Å². The van der Waals surface area contributed by atoms with Gasteiger partial charge in [0.2, 0.25) is 0 Å². The van der Waals surface area contributed by atoms with Crippen molar-refractivity contribution in [2.45, 2.75) is 17.9 Å². The van der Waals surface area contributed by atoms with E-state index in [0.29, 0.717) is 5.75 Å². The average molecular weight is 337 g/mol. The molecule has 4 heteroatoms. The van der Waals surface area contributed by atoms with Crippen LogP contribution >= 0.6 is 11.8 Å². The Morgan fingerprint density at radius 2 is 1.79 bits per heavy atom. The molecule has 0 spiro atoms. The monoisotopic (exact) mass is 337 g/mol. The Morgan fingerprint density at radius 3 is 2.58 bits per heavy atom. The Kier molecular flexibility index (Phi) is 5.06. The molecule has 0 saturated carbocycles. The first kappa shape index (κ1) is 16.4. The maximum Gasteiger partial charge on any atom is 0.265 e. The van der Waals surface area contributed by atoms with E-state index in [1.165, 1.54) is 0 Å². The smallest absolute Gasteiger partial charge is 0.265 e. The summed E-state index contributed by atoms with van der Waals surface area (Å²) in [5, 5.41) is 5.14. The number of hydrogen-bond acceptors (Lipinski definition) is 3. The Bertz CT molecular complexity index is 863. The van der Waals surface area contributed by atoms with Gasteiger partial charge in [0.1, 0.15) is 5.75 Å². The molecule has 0 saturated heterocycles. The molecule has 1 N–H and O–H groups in total. The fourth-order valence-corrected chi connectivity index (χ4v) is 2.90. The van der Waals surface area contributed by atoms with Gasteiger partial charge in [-0.1, -0.05) is 36.4 Å². The van der Waals surface area contributed by atoms with Gasteiger partial charge in [0, 0.05) is 10.6 Å². The van der Waals surface area contributed by atoms with Crippen LogP contribution in [0, 0.1) is 0 Å². The number of amides is 1. The minimum Gasteiger partial charge on any atom is -0.481 e. The number of rotatable bonds is 5. The first-order valence-corrected chi connectivity index (χ1v) is 8.98. The molecule has 1 atom stereocenters. The van der Waals surface area contributed by atoms with Crippen LogP contribution in [-0.2, 0) is 4.79 Å². The van der Waals surface area contributed by atoms with E-state index in [0.717, 1.165) is 21.4 Å². The number of carbonyl (C=O) groups is 1. The third kappa shape index (κ3) is 3.89. The number of anilines is 1. The minimum absolute atomic E-state index is 0.165. The molecule has 3 nitrogen and oxygen atoms in total. The first-order chi connectivity index (χ1) is 11.7. The van der Waals surface area contributed by atoms with Crippen molar-refractivity contribution in [1.82, 2.24) is 0 Å². The number of carbonyl (C=O) groups excluding carboxylic acids is 1.